The zero-order valence-electron chi connectivity index (χ0n) is 17.5. The van der Waals surface area contributed by atoms with Gasteiger partial charge < -0.3 is 10.1 Å². The van der Waals surface area contributed by atoms with E-state index in [9.17, 15) is 9.59 Å². The van der Waals surface area contributed by atoms with Crippen LogP contribution in [-0.2, 0) is 9.59 Å². The van der Waals surface area contributed by atoms with Crippen molar-refractivity contribution in [3.8, 4) is 5.75 Å². The number of carbonyl (C=O) groups is 2. The molecule has 0 spiro atoms. The highest BCUT2D eigenvalue weighted by atomic mass is 35.5. The van der Waals surface area contributed by atoms with Crippen LogP contribution < -0.4 is 15.0 Å². The number of nitrogens with zero attached hydrogens (tertiary/aromatic N) is 1. The van der Waals surface area contributed by atoms with Crippen LogP contribution in [0, 0.1) is 6.92 Å². The zero-order valence-corrected chi connectivity index (χ0v) is 19.0. The fourth-order valence-corrected chi connectivity index (χ4v) is 3.87. The molecular weight excluding hydrogens is 447 g/mol. The van der Waals surface area contributed by atoms with Crippen LogP contribution in [0.1, 0.15) is 18.1 Å². The molecule has 3 aromatic rings. The number of ether oxygens (including phenoxy) is 1. The van der Waals surface area contributed by atoms with Gasteiger partial charge in [0.05, 0.1) is 27.9 Å². The zero-order chi connectivity index (χ0) is 22.8. The second-order valence-corrected chi connectivity index (χ2v) is 8.01. The van der Waals surface area contributed by atoms with Crippen LogP contribution in [0.3, 0.4) is 0 Å². The minimum absolute atomic E-state index is 0.138. The molecule has 0 aliphatic carbocycles. The van der Waals surface area contributed by atoms with Crippen molar-refractivity contribution in [2.75, 3.05) is 16.8 Å². The number of amides is 2. The highest BCUT2D eigenvalue weighted by Crippen LogP contribution is 2.39. The summed E-state index contributed by atoms with van der Waals surface area (Å²) in [6.07, 6.45) is 0. The summed E-state index contributed by atoms with van der Waals surface area (Å²) in [4.78, 5) is 28.1. The molecule has 0 atom stereocenters. The summed E-state index contributed by atoms with van der Waals surface area (Å²) in [6, 6.07) is 19.5. The first kappa shape index (κ1) is 21.9. The lowest BCUT2D eigenvalue weighted by Crippen LogP contribution is -2.32. The molecule has 3 aromatic carbocycles. The maximum atomic E-state index is 13.5. The summed E-state index contributed by atoms with van der Waals surface area (Å²) in [5, 5.41) is 3.52. The third kappa shape index (κ3) is 4.09. The normalized spacial score (nSPS) is 13.7. The van der Waals surface area contributed by atoms with E-state index < -0.39 is 11.8 Å². The summed E-state index contributed by atoms with van der Waals surface area (Å²) in [5.41, 5.74) is 2.93. The second kappa shape index (κ2) is 9.07. The molecule has 1 heterocycles. The largest absolute Gasteiger partial charge is 0.494 e. The molecule has 0 unspecified atom stereocenters. The van der Waals surface area contributed by atoms with Gasteiger partial charge >= 0.3 is 0 Å². The van der Waals surface area contributed by atoms with Gasteiger partial charge in [-0.2, -0.15) is 0 Å². The predicted octanol–water partition coefficient (Wildman–Crippen LogP) is 6.10. The number of imide groups is 1. The molecule has 0 saturated carbocycles. The van der Waals surface area contributed by atoms with E-state index in [1.165, 1.54) is 0 Å². The van der Waals surface area contributed by atoms with Gasteiger partial charge in [-0.3, -0.25) is 9.59 Å². The van der Waals surface area contributed by atoms with Gasteiger partial charge in [0.25, 0.3) is 11.8 Å². The van der Waals surface area contributed by atoms with E-state index in [-0.39, 0.29) is 27.0 Å². The third-order valence-electron chi connectivity index (χ3n) is 5.01. The molecule has 0 bridgehead atoms. The predicted molar refractivity (Wildman–Crippen MR) is 128 cm³/mol. The summed E-state index contributed by atoms with van der Waals surface area (Å²) in [7, 11) is 0. The lowest BCUT2D eigenvalue weighted by molar-refractivity contribution is -0.120. The van der Waals surface area contributed by atoms with Gasteiger partial charge in [0.2, 0.25) is 0 Å². The molecular formula is C25H20Cl2N2O3. The van der Waals surface area contributed by atoms with Crippen LogP contribution in [0.4, 0.5) is 11.4 Å². The average molecular weight is 467 g/mol. The molecule has 0 fully saturated rings. The minimum Gasteiger partial charge on any atom is -0.494 e. The van der Waals surface area contributed by atoms with E-state index in [0.717, 1.165) is 10.5 Å². The number of benzene rings is 3. The smallest absolute Gasteiger partial charge is 0.282 e. The van der Waals surface area contributed by atoms with Crippen molar-refractivity contribution in [1.29, 1.82) is 0 Å². The van der Waals surface area contributed by atoms with Crippen molar-refractivity contribution in [2.45, 2.75) is 13.8 Å². The van der Waals surface area contributed by atoms with Crippen LogP contribution in [0.15, 0.2) is 72.4 Å². The van der Waals surface area contributed by atoms with Crippen LogP contribution in [0.2, 0.25) is 10.0 Å². The Morgan fingerprint density at radius 3 is 2.38 bits per heavy atom. The van der Waals surface area contributed by atoms with Gasteiger partial charge in [0.1, 0.15) is 11.4 Å². The highest BCUT2D eigenvalue weighted by Gasteiger charge is 2.41. The number of hydrogen-bond acceptors (Lipinski definition) is 4. The first-order valence-electron chi connectivity index (χ1n) is 10.0. The number of hydrogen-bond donors (Lipinski definition) is 1. The van der Waals surface area contributed by atoms with E-state index in [1.54, 1.807) is 30.3 Å². The highest BCUT2D eigenvalue weighted by molar-refractivity contribution is 6.50. The van der Waals surface area contributed by atoms with Gasteiger partial charge in [-0.05, 0) is 43.7 Å². The Hall–Kier alpha value is -3.28. The Labute approximate surface area is 196 Å². The number of anilines is 2. The van der Waals surface area contributed by atoms with Crippen molar-refractivity contribution in [2.24, 2.45) is 0 Å². The standard InChI is InChI=1S/C25H20Cl2N2O3/c1-3-32-18-7-4-6-17(14-18)28-23-21(16-12-10-15(2)11-13-16)24(30)29(25(23)31)20-9-5-8-19(26)22(20)27/h4-14,28H,3H2,1-2H3. The van der Waals surface area contributed by atoms with E-state index in [2.05, 4.69) is 5.32 Å². The second-order valence-electron chi connectivity index (χ2n) is 7.22. The molecule has 4 rings (SSSR count). The lowest BCUT2D eigenvalue weighted by Gasteiger charge is -2.17. The van der Waals surface area contributed by atoms with Crippen molar-refractivity contribution >= 4 is 52.0 Å². The molecule has 162 valence electrons. The summed E-state index contributed by atoms with van der Waals surface area (Å²) >= 11 is 12.5. The van der Waals surface area contributed by atoms with Crippen LogP contribution in [-0.4, -0.2) is 18.4 Å². The number of halogens is 2. The fraction of sp³-hybridized carbons (Fsp3) is 0.120. The van der Waals surface area contributed by atoms with Gasteiger partial charge in [-0.15, -0.1) is 0 Å². The average Bonchev–Trinajstić information content (AvgIpc) is 3.01. The Bertz CT molecular complexity index is 1240. The van der Waals surface area contributed by atoms with E-state index in [4.69, 9.17) is 27.9 Å². The first-order valence-corrected chi connectivity index (χ1v) is 10.8. The molecule has 0 saturated heterocycles. The molecule has 5 nitrogen and oxygen atoms in total. The SMILES string of the molecule is CCOc1cccc(NC2=C(c3ccc(C)cc3)C(=O)N(c3cccc(Cl)c3Cl)C2=O)c1. The maximum absolute atomic E-state index is 13.5. The monoisotopic (exact) mass is 466 g/mol. The molecule has 2 amide bonds. The van der Waals surface area contributed by atoms with E-state index >= 15 is 0 Å². The van der Waals surface area contributed by atoms with Crippen LogP contribution >= 0.6 is 23.2 Å². The Morgan fingerprint density at radius 2 is 1.66 bits per heavy atom. The number of aryl methyl sites for hydroxylation is 1. The van der Waals surface area contributed by atoms with Gasteiger partial charge in [-0.25, -0.2) is 4.90 Å². The number of nitrogens with one attached hydrogen (secondary N) is 1. The molecule has 32 heavy (non-hydrogen) atoms. The van der Waals surface area contributed by atoms with Crippen LogP contribution in [0.5, 0.6) is 5.75 Å². The molecule has 1 N–H and O–H groups in total. The van der Waals surface area contributed by atoms with Gasteiger partial charge in [0.15, 0.2) is 0 Å². The Balaban J connectivity index is 1.82. The van der Waals surface area contributed by atoms with Crippen molar-refractivity contribution in [1.82, 2.24) is 0 Å². The minimum atomic E-state index is -0.517. The third-order valence-corrected chi connectivity index (χ3v) is 5.82. The van der Waals surface area contributed by atoms with Crippen molar-refractivity contribution in [3.05, 3.63) is 93.6 Å². The van der Waals surface area contributed by atoms with Crippen LogP contribution in [0.25, 0.3) is 5.57 Å². The van der Waals surface area contributed by atoms with E-state index in [1.807, 2.05) is 50.2 Å². The quantitative estimate of drug-likeness (QED) is 0.446. The van der Waals surface area contributed by atoms with E-state index in [0.29, 0.717) is 23.6 Å². The summed E-state index contributed by atoms with van der Waals surface area (Å²) in [5.74, 6) is -0.343. The maximum Gasteiger partial charge on any atom is 0.282 e. The fourth-order valence-electron chi connectivity index (χ4n) is 3.49. The Kier molecular flexibility index (Phi) is 6.21. The first-order chi connectivity index (χ1) is 15.4. The van der Waals surface area contributed by atoms with Crippen molar-refractivity contribution < 1.29 is 14.3 Å². The summed E-state index contributed by atoms with van der Waals surface area (Å²) < 4.78 is 5.55. The lowest BCUT2D eigenvalue weighted by atomic mass is 10.0. The molecule has 1 aliphatic heterocycles. The number of rotatable bonds is 6. The topological polar surface area (TPSA) is 58.6 Å². The van der Waals surface area contributed by atoms with Crippen molar-refractivity contribution in [3.63, 3.8) is 0 Å². The van der Waals surface area contributed by atoms with Gasteiger partial charge in [0, 0.05) is 11.8 Å². The summed E-state index contributed by atoms with van der Waals surface area (Å²) in [6.45, 7) is 4.36. The Morgan fingerprint density at radius 1 is 0.938 bits per heavy atom. The molecule has 0 radical (unpaired) electrons. The molecule has 7 heteroatoms. The van der Waals surface area contributed by atoms with Gasteiger partial charge in [-0.1, -0.05) is 65.2 Å². The molecule has 1 aliphatic rings. The number of carbonyl (C=O) groups excluding carboxylic acids is 2. The molecule has 0 aromatic heterocycles.